The average molecular weight is 453 g/mol. The summed E-state index contributed by atoms with van der Waals surface area (Å²) < 4.78 is 1.48. The van der Waals surface area contributed by atoms with E-state index in [9.17, 15) is 9.59 Å². The molecule has 0 aliphatic rings. The molecule has 3 rings (SSSR count). The Balaban J connectivity index is 1.93. The molecule has 0 saturated carbocycles. The molecule has 0 radical (unpaired) electrons. The van der Waals surface area contributed by atoms with Gasteiger partial charge in [0.25, 0.3) is 5.91 Å². The van der Waals surface area contributed by atoms with Gasteiger partial charge in [0, 0.05) is 17.1 Å². The SMILES string of the molecule is CCNc1c(C(N)=O)nnn1Cc1cc(Cl)c(C(=O)c2ccc(Cl)cc2)c(Cl)c1. The number of ketones is 1. The smallest absolute Gasteiger partial charge is 0.273 e. The highest BCUT2D eigenvalue weighted by Crippen LogP contribution is 2.30. The highest BCUT2D eigenvalue weighted by Gasteiger charge is 2.20. The molecular weight excluding hydrogens is 437 g/mol. The number of anilines is 1. The van der Waals surface area contributed by atoms with Crippen molar-refractivity contribution in [2.24, 2.45) is 5.73 Å². The summed E-state index contributed by atoms with van der Waals surface area (Å²) in [4.78, 5) is 24.3. The van der Waals surface area contributed by atoms with Crippen LogP contribution in [0.15, 0.2) is 36.4 Å². The highest BCUT2D eigenvalue weighted by molar-refractivity contribution is 6.41. The van der Waals surface area contributed by atoms with Crippen LogP contribution in [-0.4, -0.2) is 33.2 Å². The van der Waals surface area contributed by atoms with E-state index in [2.05, 4.69) is 15.6 Å². The van der Waals surface area contributed by atoms with Gasteiger partial charge in [-0.25, -0.2) is 4.68 Å². The normalized spacial score (nSPS) is 10.8. The molecule has 3 N–H and O–H groups in total. The second-order valence-corrected chi connectivity index (χ2v) is 7.36. The minimum Gasteiger partial charge on any atom is -0.369 e. The van der Waals surface area contributed by atoms with Crippen LogP contribution < -0.4 is 11.1 Å². The van der Waals surface area contributed by atoms with Gasteiger partial charge in [-0.05, 0) is 48.9 Å². The number of aromatic nitrogens is 3. The van der Waals surface area contributed by atoms with Gasteiger partial charge in [0.2, 0.25) is 0 Å². The first kappa shape index (κ1) is 21.1. The summed E-state index contributed by atoms with van der Waals surface area (Å²) in [6, 6.07) is 9.70. The minimum absolute atomic E-state index is 0.0404. The zero-order valence-electron chi connectivity index (χ0n) is 15.2. The van der Waals surface area contributed by atoms with E-state index in [1.54, 1.807) is 36.4 Å². The first-order chi connectivity index (χ1) is 13.8. The fourth-order valence-electron chi connectivity index (χ4n) is 2.78. The summed E-state index contributed by atoms with van der Waals surface area (Å²) >= 11 is 18.6. The summed E-state index contributed by atoms with van der Waals surface area (Å²) in [5.41, 5.74) is 6.67. The van der Waals surface area contributed by atoms with E-state index >= 15 is 0 Å². The molecule has 0 fully saturated rings. The van der Waals surface area contributed by atoms with E-state index in [-0.39, 0.29) is 33.6 Å². The number of halogens is 3. The van der Waals surface area contributed by atoms with Crippen molar-refractivity contribution in [1.29, 1.82) is 0 Å². The van der Waals surface area contributed by atoms with Crippen LogP contribution in [0.4, 0.5) is 5.82 Å². The van der Waals surface area contributed by atoms with E-state index in [0.29, 0.717) is 28.5 Å². The Morgan fingerprint density at radius 1 is 1.10 bits per heavy atom. The molecule has 0 saturated heterocycles. The fraction of sp³-hybridized carbons (Fsp3) is 0.158. The molecule has 3 aromatic rings. The molecule has 0 aliphatic heterocycles. The van der Waals surface area contributed by atoms with Crippen LogP contribution >= 0.6 is 34.8 Å². The molecule has 1 aromatic heterocycles. The predicted octanol–water partition coefficient (Wildman–Crippen LogP) is 4.05. The lowest BCUT2D eigenvalue weighted by Gasteiger charge is -2.12. The Bertz CT molecular complexity index is 1060. The number of hydrogen-bond donors (Lipinski definition) is 2. The summed E-state index contributed by atoms with van der Waals surface area (Å²) in [5, 5.41) is 11.7. The molecule has 1 amide bonds. The molecule has 0 unspecified atom stereocenters. The Morgan fingerprint density at radius 3 is 2.28 bits per heavy atom. The van der Waals surface area contributed by atoms with E-state index in [0.717, 1.165) is 0 Å². The van der Waals surface area contributed by atoms with Gasteiger partial charge in [0.1, 0.15) is 0 Å². The van der Waals surface area contributed by atoms with E-state index in [4.69, 9.17) is 40.5 Å². The van der Waals surface area contributed by atoms with Gasteiger partial charge < -0.3 is 11.1 Å². The molecule has 29 heavy (non-hydrogen) atoms. The van der Waals surface area contributed by atoms with E-state index < -0.39 is 5.91 Å². The maximum Gasteiger partial charge on any atom is 0.273 e. The fourth-order valence-corrected chi connectivity index (χ4v) is 3.61. The molecular formula is C19H16Cl3N5O2. The van der Waals surface area contributed by atoms with Crippen molar-refractivity contribution in [2.45, 2.75) is 13.5 Å². The summed E-state index contributed by atoms with van der Waals surface area (Å²) in [6.45, 7) is 2.63. The van der Waals surface area contributed by atoms with Gasteiger partial charge in [-0.1, -0.05) is 40.0 Å². The average Bonchev–Trinajstić information content (AvgIpc) is 3.04. The van der Waals surface area contributed by atoms with Crippen LogP contribution in [0.5, 0.6) is 0 Å². The van der Waals surface area contributed by atoms with Gasteiger partial charge in [-0.3, -0.25) is 9.59 Å². The largest absolute Gasteiger partial charge is 0.369 e. The first-order valence-corrected chi connectivity index (χ1v) is 9.70. The topological polar surface area (TPSA) is 103 Å². The van der Waals surface area contributed by atoms with Crippen molar-refractivity contribution in [3.05, 3.63) is 73.9 Å². The number of nitrogens with zero attached hydrogens (tertiary/aromatic N) is 3. The summed E-state index contributed by atoms with van der Waals surface area (Å²) in [7, 11) is 0. The number of benzene rings is 2. The zero-order chi connectivity index (χ0) is 21.1. The van der Waals surface area contributed by atoms with Gasteiger partial charge in [-0.15, -0.1) is 5.10 Å². The third-order valence-electron chi connectivity index (χ3n) is 4.08. The van der Waals surface area contributed by atoms with Gasteiger partial charge in [0.15, 0.2) is 17.3 Å². The van der Waals surface area contributed by atoms with Crippen molar-refractivity contribution in [2.75, 3.05) is 11.9 Å². The molecule has 150 valence electrons. The number of nitrogens with one attached hydrogen (secondary N) is 1. The van der Waals surface area contributed by atoms with Crippen molar-refractivity contribution in [3.8, 4) is 0 Å². The maximum atomic E-state index is 12.8. The molecule has 0 spiro atoms. The number of nitrogens with two attached hydrogens (primary N) is 1. The number of carbonyl (C=O) groups excluding carboxylic acids is 2. The minimum atomic E-state index is -0.688. The lowest BCUT2D eigenvalue weighted by Crippen LogP contribution is -2.16. The van der Waals surface area contributed by atoms with Gasteiger partial charge in [0.05, 0.1) is 22.2 Å². The van der Waals surface area contributed by atoms with Crippen LogP contribution in [0, 0.1) is 0 Å². The quantitative estimate of drug-likeness (QED) is 0.526. The Hall–Kier alpha value is -2.61. The van der Waals surface area contributed by atoms with Gasteiger partial charge in [-0.2, -0.15) is 0 Å². The summed E-state index contributed by atoms with van der Waals surface area (Å²) in [6.07, 6.45) is 0. The highest BCUT2D eigenvalue weighted by atomic mass is 35.5. The van der Waals surface area contributed by atoms with E-state index in [1.165, 1.54) is 4.68 Å². The summed E-state index contributed by atoms with van der Waals surface area (Å²) in [5.74, 6) is -0.603. The molecule has 0 bridgehead atoms. The predicted molar refractivity (Wildman–Crippen MR) is 113 cm³/mol. The van der Waals surface area contributed by atoms with Gasteiger partial charge >= 0.3 is 0 Å². The second-order valence-electron chi connectivity index (χ2n) is 6.11. The molecule has 0 atom stereocenters. The van der Waals surface area contributed by atoms with Crippen molar-refractivity contribution in [3.63, 3.8) is 0 Å². The van der Waals surface area contributed by atoms with Crippen LogP contribution in [0.25, 0.3) is 0 Å². The lowest BCUT2D eigenvalue weighted by atomic mass is 10.0. The molecule has 1 heterocycles. The first-order valence-electron chi connectivity index (χ1n) is 8.57. The van der Waals surface area contributed by atoms with Crippen LogP contribution in [0.1, 0.15) is 38.9 Å². The number of rotatable bonds is 7. The standard InChI is InChI=1S/C19H16Cl3N5O2/c1-2-24-19-16(18(23)29)25-26-27(19)9-10-7-13(21)15(14(22)8-10)17(28)11-3-5-12(20)6-4-11/h3-8,24H,2,9H2,1H3,(H2,23,29). The van der Waals surface area contributed by atoms with Crippen molar-refractivity contribution >= 4 is 52.3 Å². The van der Waals surface area contributed by atoms with Crippen molar-refractivity contribution < 1.29 is 9.59 Å². The molecule has 7 nitrogen and oxygen atoms in total. The molecule has 2 aromatic carbocycles. The zero-order valence-corrected chi connectivity index (χ0v) is 17.5. The third kappa shape index (κ3) is 4.53. The van der Waals surface area contributed by atoms with Crippen LogP contribution in [0.3, 0.4) is 0 Å². The second kappa shape index (κ2) is 8.82. The monoisotopic (exact) mass is 451 g/mol. The number of hydrogen-bond acceptors (Lipinski definition) is 5. The number of amides is 1. The Morgan fingerprint density at radius 2 is 1.72 bits per heavy atom. The Labute approximate surface area is 181 Å². The molecule has 0 aliphatic carbocycles. The number of carbonyl (C=O) groups is 2. The van der Waals surface area contributed by atoms with Crippen LogP contribution in [-0.2, 0) is 6.54 Å². The van der Waals surface area contributed by atoms with Crippen molar-refractivity contribution in [1.82, 2.24) is 15.0 Å². The molecule has 10 heteroatoms. The van der Waals surface area contributed by atoms with E-state index in [1.807, 2.05) is 6.92 Å². The lowest BCUT2D eigenvalue weighted by molar-refractivity contribution is 0.0994. The Kier molecular flexibility index (Phi) is 6.42. The third-order valence-corrected chi connectivity index (χ3v) is 4.93. The maximum absolute atomic E-state index is 12.8. The van der Waals surface area contributed by atoms with Crippen LogP contribution in [0.2, 0.25) is 15.1 Å². The number of primary amides is 1.